The Labute approximate surface area is 167 Å². The van der Waals surface area contributed by atoms with Crippen LogP contribution in [0.15, 0.2) is 0 Å². The van der Waals surface area contributed by atoms with Crippen molar-refractivity contribution in [3.05, 3.63) is 0 Å². The van der Waals surface area contributed by atoms with Gasteiger partial charge in [0.1, 0.15) is 12.1 Å². The highest BCUT2D eigenvalue weighted by molar-refractivity contribution is 7.81. The highest BCUT2D eigenvalue weighted by Crippen LogP contribution is 2.12. The molecule has 160 valence electrons. The molecule has 0 aromatic heterocycles. The van der Waals surface area contributed by atoms with Gasteiger partial charge in [0.25, 0.3) is 0 Å². The van der Waals surface area contributed by atoms with Crippen molar-refractivity contribution in [1.82, 2.24) is 10.6 Å². The summed E-state index contributed by atoms with van der Waals surface area (Å²) in [6.45, 7) is 3.40. The van der Waals surface area contributed by atoms with E-state index in [0.29, 0.717) is 6.42 Å². The van der Waals surface area contributed by atoms with Crippen molar-refractivity contribution in [1.29, 1.82) is 0 Å². The number of carboxylic acids is 3. The fourth-order valence-corrected chi connectivity index (χ4v) is 2.44. The second kappa shape index (κ2) is 12.2. The third-order valence-corrected chi connectivity index (χ3v) is 4.77. The van der Waals surface area contributed by atoms with Crippen LogP contribution < -0.4 is 16.4 Å². The van der Waals surface area contributed by atoms with Gasteiger partial charge >= 0.3 is 17.9 Å². The van der Waals surface area contributed by atoms with Gasteiger partial charge in [-0.15, -0.1) is 0 Å². The van der Waals surface area contributed by atoms with Crippen LogP contribution in [0.3, 0.4) is 0 Å². The number of thiol groups is 1. The molecule has 0 bridgehead atoms. The number of carbonyl (C=O) groups excluding carboxylic acids is 2. The summed E-state index contributed by atoms with van der Waals surface area (Å²) in [5.74, 6) is -5.97. The molecular weight excluding hydrogens is 394 g/mol. The predicted octanol–water partition coefficient (Wildman–Crippen LogP) is -0.948. The molecule has 0 rings (SSSR count). The molecule has 0 saturated heterocycles. The Morgan fingerprint density at radius 2 is 1.57 bits per heavy atom. The maximum atomic E-state index is 12.5. The summed E-state index contributed by atoms with van der Waals surface area (Å²) >= 11 is 4.08. The molecular formula is C16H27N3O8S. The van der Waals surface area contributed by atoms with Gasteiger partial charge < -0.3 is 31.7 Å². The smallest absolute Gasteiger partial charge is 0.326 e. The van der Waals surface area contributed by atoms with Crippen molar-refractivity contribution < 1.29 is 39.3 Å². The first kappa shape index (κ1) is 25.7. The first-order valence-corrected chi connectivity index (χ1v) is 9.13. The van der Waals surface area contributed by atoms with E-state index in [4.69, 9.17) is 21.1 Å². The van der Waals surface area contributed by atoms with Crippen molar-refractivity contribution in [2.24, 2.45) is 11.7 Å². The van der Waals surface area contributed by atoms with Crippen LogP contribution in [0, 0.1) is 5.92 Å². The molecule has 0 spiro atoms. The average Bonchev–Trinajstić information content (AvgIpc) is 2.61. The Morgan fingerprint density at radius 3 is 2.00 bits per heavy atom. The Hall–Kier alpha value is -2.34. The maximum Gasteiger partial charge on any atom is 0.326 e. The highest BCUT2D eigenvalue weighted by Gasteiger charge is 2.33. The first-order valence-electron chi connectivity index (χ1n) is 8.61. The molecule has 0 heterocycles. The molecule has 2 amide bonds. The van der Waals surface area contributed by atoms with Crippen molar-refractivity contribution in [3.8, 4) is 0 Å². The summed E-state index contributed by atoms with van der Waals surface area (Å²) in [5.41, 5.74) is 5.76. The number of aliphatic carboxylic acids is 3. The summed E-state index contributed by atoms with van der Waals surface area (Å²) in [6.07, 6.45) is -0.623. The van der Waals surface area contributed by atoms with E-state index in [1.165, 1.54) is 0 Å². The summed E-state index contributed by atoms with van der Waals surface area (Å²) in [4.78, 5) is 57.3. The number of nitrogens with two attached hydrogens (primary N) is 1. The Balaban J connectivity index is 5.17. The van der Waals surface area contributed by atoms with Crippen molar-refractivity contribution >= 4 is 42.4 Å². The van der Waals surface area contributed by atoms with Crippen LogP contribution in [0.1, 0.15) is 39.5 Å². The van der Waals surface area contributed by atoms with Gasteiger partial charge in [-0.05, 0) is 12.3 Å². The summed E-state index contributed by atoms with van der Waals surface area (Å²) < 4.78 is 0. The van der Waals surface area contributed by atoms with E-state index in [1.54, 1.807) is 13.8 Å². The Morgan fingerprint density at radius 1 is 1.00 bits per heavy atom. The molecule has 0 aliphatic heterocycles. The van der Waals surface area contributed by atoms with Gasteiger partial charge in [0, 0.05) is 12.5 Å². The van der Waals surface area contributed by atoms with E-state index >= 15 is 0 Å². The van der Waals surface area contributed by atoms with Gasteiger partial charge in [0.2, 0.25) is 11.8 Å². The van der Waals surface area contributed by atoms with Crippen LogP contribution in [-0.4, -0.2) is 68.4 Å². The molecule has 0 radical (unpaired) electrons. The molecule has 0 saturated carbocycles. The molecule has 12 heteroatoms. The van der Waals surface area contributed by atoms with E-state index in [0.717, 1.165) is 0 Å². The van der Waals surface area contributed by atoms with E-state index in [1.807, 2.05) is 0 Å². The quantitative estimate of drug-likeness (QED) is 0.183. The largest absolute Gasteiger partial charge is 0.481 e. The van der Waals surface area contributed by atoms with Crippen LogP contribution in [0.4, 0.5) is 0 Å². The topological polar surface area (TPSA) is 196 Å². The maximum absolute atomic E-state index is 12.5. The van der Waals surface area contributed by atoms with Gasteiger partial charge in [0.05, 0.1) is 11.7 Å². The Kier molecular flexibility index (Phi) is 11.2. The number of amides is 2. The zero-order chi connectivity index (χ0) is 22.0. The lowest BCUT2D eigenvalue weighted by molar-refractivity contribution is -0.147. The SMILES string of the molecule is CC[C@H](C)[C@H](NC(=O)[C@H](S)[C@@H](N)CCC(=O)O)C(=O)N[C@@H](CC(=O)O)C(=O)O. The lowest BCUT2D eigenvalue weighted by Gasteiger charge is -2.27. The highest BCUT2D eigenvalue weighted by atomic mass is 32.1. The lowest BCUT2D eigenvalue weighted by atomic mass is 9.97. The zero-order valence-electron chi connectivity index (χ0n) is 15.6. The molecule has 0 unspecified atom stereocenters. The molecule has 0 aliphatic rings. The Bertz CT molecular complexity index is 600. The summed E-state index contributed by atoms with van der Waals surface area (Å²) in [7, 11) is 0. The molecule has 0 aromatic carbocycles. The number of hydrogen-bond acceptors (Lipinski definition) is 7. The number of carboxylic acid groups (broad SMARTS) is 3. The van der Waals surface area contributed by atoms with Crippen molar-refractivity contribution in [2.75, 3.05) is 0 Å². The molecule has 0 aromatic rings. The van der Waals surface area contributed by atoms with Gasteiger partial charge in [-0.25, -0.2) is 4.79 Å². The van der Waals surface area contributed by atoms with Crippen LogP contribution >= 0.6 is 12.6 Å². The molecule has 0 fully saturated rings. The molecule has 7 N–H and O–H groups in total. The third kappa shape index (κ3) is 9.04. The molecule has 28 heavy (non-hydrogen) atoms. The second-order valence-electron chi connectivity index (χ2n) is 6.41. The predicted molar refractivity (Wildman–Crippen MR) is 101 cm³/mol. The number of nitrogens with one attached hydrogen (secondary N) is 2. The average molecular weight is 421 g/mol. The van der Waals surface area contributed by atoms with Crippen molar-refractivity contribution in [3.63, 3.8) is 0 Å². The minimum Gasteiger partial charge on any atom is -0.481 e. The van der Waals surface area contributed by atoms with E-state index in [-0.39, 0.29) is 12.8 Å². The number of rotatable bonds is 13. The van der Waals surface area contributed by atoms with Gasteiger partial charge in [-0.1, -0.05) is 20.3 Å². The second-order valence-corrected chi connectivity index (χ2v) is 6.97. The third-order valence-electron chi connectivity index (χ3n) is 4.15. The number of carbonyl (C=O) groups is 5. The minimum absolute atomic E-state index is 0.00316. The van der Waals surface area contributed by atoms with Crippen LogP contribution in [0.5, 0.6) is 0 Å². The minimum atomic E-state index is -1.65. The zero-order valence-corrected chi connectivity index (χ0v) is 16.5. The number of hydrogen-bond donors (Lipinski definition) is 7. The van der Waals surface area contributed by atoms with Gasteiger partial charge in [0.15, 0.2) is 0 Å². The fraction of sp³-hybridized carbons (Fsp3) is 0.688. The molecule has 11 nitrogen and oxygen atoms in total. The first-order chi connectivity index (χ1) is 12.9. The fourth-order valence-electron chi connectivity index (χ4n) is 2.22. The van der Waals surface area contributed by atoms with E-state index in [9.17, 15) is 24.0 Å². The van der Waals surface area contributed by atoms with E-state index in [2.05, 4.69) is 23.3 Å². The van der Waals surface area contributed by atoms with Gasteiger partial charge in [-0.3, -0.25) is 19.2 Å². The van der Waals surface area contributed by atoms with E-state index < -0.39 is 65.4 Å². The van der Waals surface area contributed by atoms with Crippen molar-refractivity contribution in [2.45, 2.75) is 62.9 Å². The molecule has 0 aliphatic carbocycles. The van der Waals surface area contributed by atoms with Crippen LogP contribution in [-0.2, 0) is 24.0 Å². The summed E-state index contributed by atoms with van der Waals surface area (Å²) in [6, 6.07) is -3.67. The lowest BCUT2D eigenvalue weighted by Crippen LogP contribution is -2.56. The van der Waals surface area contributed by atoms with Crippen LogP contribution in [0.2, 0.25) is 0 Å². The monoisotopic (exact) mass is 421 g/mol. The molecule has 5 atom stereocenters. The summed E-state index contributed by atoms with van der Waals surface area (Å²) in [5, 5.41) is 29.9. The normalized spacial score (nSPS) is 16.1. The van der Waals surface area contributed by atoms with Crippen LogP contribution in [0.25, 0.3) is 0 Å². The standard InChI is InChI=1S/C16H27N3O8S/c1-3-7(2)12(14(24)18-9(16(26)27)6-11(22)23)19-15(25)13(28)8(17)4-5-10(20)21/h7-9,12-13,28H,3-6,17H2,1-2H3,(H,18,24)(H,19,25)(H,20,21)(H,22,23)(H,26,27)/t7-,8-,9-,12-,13+/m0/s1. The van der Waals surface area contributed by atoms with Gasteiger partial charge in [-0.2, -0.15) is 12.6 Å².